The Hall–Kier alpha value is -1.23. The van der Waals surface area contributed by atoms with Crippen molar-refractivity contribution >= 4 is 5.78 Å². The van der Waals surface area contributed by atoms with Crippen molar-refractivity contribution in [3.8, 4) is 0 Å². The van der Waals surface area contributed by atoms with Crippen LogP contribution in [0.25, 0.3) is 0 Å². The van der Waals surface area contributed by atoms with Gasteiger partial charge >= 0.3 is 0 Å². The average Bonchev–Trinajstić information content (AvgIpc) is 2.79. The molecule has 0 unspecified atom stereocenters. The lowest BCUT2D eigenvalue weighted by Gasteiger charge is -2.28. The summed E-state index contributed by atoms with van der Waals surface area (Å²) in [5, 5.41) is 4.07. The Morgan fingerprint density at radius 3 is 2.53 bits per heavy atom. The number of nitrogens with two attached hydrogens (primary N) is 1. The second kappa shape index (κ2) is 5.91. The van der Waals surface area contributed by atoms with Crippen LogP contribution in [0.5, 0.6) is 0 Å². The highest BCUT2D eigenvalue weighted by Crippen LogP contribution is 2.27. The maximum Gasteiger partial charge on any atom is 0.147 e. The molecule has 0 amide bonds. The van der Waals surface area contributed by atoms with Gasteiger partial charge in [-0.15, -0.1) is 0 Å². The highest BCUT2D eigenvalue weighted by atomic mass is 16.1. The van der Waals surface area contributed by atoms with E-state index in [0.29, 0.717) is 13.0 Å². The molecule has 96 valence electrons. The van der Waals surface area contributed by atoms with Crippen molar-refractivity contribution in [1.29, 1.82) is 0 Å². The van der Waals surface area contributed by atoms with E-state index in [1.807, 2.05) is 20.8 Å². The van der Waals surface area contributed by atoms with Gasteiger partial charge in [0.2, 0.25) is 0 Å². The van der Waals surface area contributed by atoms with Gasteiger partial charge in [0, 0.05) is 18.5 Å². The fraction of sp³-hybridized carbons (Fsp3) is 0.750. The summed E-state index contributed by atoms with van der Waals surface area (Å²) in [6.07, 6.45) is 3.37. The van der Waals surface area contributed by atoms with E-state index in [2.05, 4.69) is 10.1 Å². The van der Waals surface area contributed by atoms with E-state index in [9.17, 15) is 4.79 Å². The molecular weight excluding hydrogens is 216 g/mol. The number of rotatable bonds is 7. The van der Waals surface area contributed by atoms with Crippen LogP contribution in [0.3, 0.4) is 0 Å². The van der Waals surface area contributed by atoms with Crippen molar-refractivity contribution in [2.75, 3.05) is 6.54 Å². The van der Waals surface area contributed by atoms with Crippen LogP contribution in [0, 0.1) is 5.41 Å². The molecule has 1 aromatic heterocycles. The molecule has 0 saturated heterocycles. The molecule has 0 aliphatic heterocycles. The summed E-state index contributed by atoms with van der Waals surface area (Å²) in [5.74, 6) is 0.907. The van der Waals surface area contributed by atoms with Gasteiger partial charge in [-0.1, -0.05) is 13.8 Å². The number of Topliss-reactive ketones (excluding diaryl/α,β-unsaturated/α-hetero) is 1. The van der Waals surface area contributed by atoms with Crippen molar-refractivity contribution < 1.29 is 4.79 Å². The first-order chi connectivity index (χ1) is 8.13. The highest BCUT2D eigenvalue weighted by Gasteiger charge is 2.33. The van der Waals surface area contributed by atoms with Crippen LogP contribution in [-0.2, 0) is 17.8 Å². The number of nitrogens with zero attached hydrogens (tertiary/aromatic N) is 3. The molecule has 0 aromatic carbocycles. The topological polar surface area (TPSA) is 73.8 Å². The molecule has 1 aromatic rings. The van der Waals surface area contributed by atoms with E-state index in [1.165, 1.54) is 6.33 Å². The highest BCUT2D eigenvalue weighted by molar-refractivity contribution is 5.86. The zero-order valence-corrected chi connectivity index (χ0v) is 10.9. The molecule has 0 aliphatic carbocycles. The van der Waals surface area contributed by atoms with Crippen molar-refractivity contribution in [2.45, 2.75) is 46.6 Å². The summed E-state index contributed by atoms with van der Waals surface area (Å²) in [6.45, 7) is 7.14. The molecule has 1 heterocycles. The van der Waals surface area contributed by atoms with E-state index in [-0.39, 0.29) is 5.78 Å². The number of carbonyl (C=O) groups is 1. The second-order valence-corrected chi connectivity index (χ2v) is 4.28. The Bertz CT molecular complexity index is 360. The normalized spacial score (nSPS) is 11.8. The Balaban J connectivity index is 2.84. The molecule has 0 saturated carbocycles. The molecule has 5 heteroatoms. The Kier molecular flexibility index (Phi) is 4.81. The summed E-state index contributed by atoms with van der Waals surface area (Å²) < 4.78 is 1.75. The van der Waals surface area contributed by atoms with Crippen molar-refractivity contribution in [2.24, 2.45) is 11.1 Å². The van der Waals surface area contributed by atoms with Gasteiger partial charge in [0.15, 0.2) is 0 Å². The maximum atomic E-state index is 12.3. The van der Waals surface area contributed by atoms with Crippen molar-refractivity contribution in [3.63, 3.8) is 0 Å². The number of ketones is 1. The minimum absolute atomic E-state index is 0.174. The summed E-state index contributed by atoms with van der Waals surface area (Å²) >= 11 is 0. The molecule has 2 N–H and O–H groups in total. The minimum Gasteiger partial charge on any atom is -0.329 e. The number of carbonyl (C=O) groups excluding carboxylic acids is 1. The quantitative estimate of drug-likeness (QED) is 0.774. The third-order valence-electron chi connectivity index (χ3n) is 3.65. The molecule has 0 fully saturated rings. The standard InChI is InChI=1S/C12H22N4O/c1-4-12(5-2,8-13)10(17)7-11-14-9-15-16(11)6-3/h9H,4-8,13H2,1-3H3. The van der Waals surface area contributed by atoms with Gasteiger partial charge in [-0.2, -0.15) is 5.10 Å². The first kappa shape index (κ1) is 13.8. The molecule has 0 spiro atoms. The fourth-order valence-corrected chi connectivity index (χ4v) is 2.07. The van der Waals surface area contributed by atoms with Gasteiger partial charge in [-0.25, -0.2) is 9.67 Å². The van der Waals surface area contributed by atoms with Gasteiger partial charge in [0.25, 0.3) is 0 Å². The van der Waals surface area contributed by atoms with Gasteiger partial charge in [-0.05, 0) is 19.8 Å². The lowest BCUT2D eigenvalue weighted by atomic mass is 9.77. The maximum absolute atomic E-state index is 12.3. The summed E-state index contributed by atoms with van der Waals surface area (Å²) in [4.78, 5) is 16.5. The molecule has 1 rings (SSSR count). The van der Waals surface area contributed by atoms with Crippen molar-refractivity contribution in [1.82, 2.24) is 14.8 Å². The lowest BCUT2D eigenvalue weighted by Crippen LogP contribution is -2.39. The summed E-state index contributed by atoms with van der Waals surface area (Å²) in [7, 11) is 0. The van der Waals surface area contributed by atoms with E-state index < -0.39 is 5.41 Å². The smallest absolute Gasteiger partial charge is 0.147 e. The van der Waals surface area contributed by atoms with E-state index in [0.717, 1.165) is 25.2 Å². The van der Waals surface area contributed by atoms with Gasteiger partial charge in [-0.3, -0.25) is 4.79 Å². The van der Waals surface area contributed by atoms with Crippen LogP contribution in [0.4, 0.5) is 0 Å². The molecule has 0 radical (unpaired) electrons. The van der Waals surface area contributed by atoms with Crippen LogP contribution in [0.1, 0.15) is 39.4 Å². The molecule has 5 nitrogen and oxygen atoms in total. The zero-order chi connectivity index (χ0) is 12.9. The SMILES string of the molecule is CCn1ncnc1CC(=O)C(CC)(CC)CN. The molecule has 0 aliphatic rings. The number of hydrogen-bond acceptors (Lipinski definition) is 4. The van der Waals surface area contributed by atoms with E-state index in [1.54, 1.807) is 4.68 Å². The number of aryl methyl sites for hydroxylation is 1. The third kappa shape index (κ3) is 2.72. The molecule has 0 atom stereocenters. The molecule has 0 bridgehead atoms. The van der Waals surface area contributed by atoms with E-state index >= 15 is 0 Å². The minimum atomic E-state index is -0.398. The summed E-state index contributed by atoms with van der Waals surface area (Å²) in [5.41, 5.74) is 5.37. The largest absolute Gasteiger partial charge is 0.329 e. The average molecular weight is 238 g/mol. The van der Waals surface area contributed by atoms with Crippen molar-refractivity contribution in [3.05, 3.63) is 12.2 Å². The predicted octanol–water partition coefficient (Wildman–Crippen LogP) is 1.17. The van der Waals surface area contributed by atoms with Crippen LogP contribution in [0.2, 0.25) is 0 Å². The van der Waals surface area contributed by atoms with Crippen LogP contribution < -0.4 is 5.73 Å². The number of hydrogen-bond donors (Lipinski definition) is 1. The van der Waals surface area contributed by atoms with Crippen LogP contribution in [-0.4, -0.2) is 27.1 Å². The van der Waals surface area contributed by atoms with E-state index in [4.69, 9.17) is 5.73 Å². The van der Waals surface area contributed by atoms with Gasteiger partial charge in [0.1, 0.15) is 17.9 Å². The van der Waals surface area contributed by atoms with Gasteiger partial charge in [0.05, 0.1) is 6.42 Å². The predicted molar refractivity (Wildman–Crippen MR) is 66.5 cm³/mol. The lowest BCUT2D eigenvalue weighted by molar-refractivity contribution is -0.128. The van der Waals surface area contributed by atoms with Crippen LogP contribution >= 0.6 is 0 Å². The first-order valence-corrected chi connectivity index (χ1v) is 6.23. The Labute approximate surface area is 102 Å². The first-order valence-electron chi connectivity index (χ1n) is 6.23. The molecular formula is C12H22N4O. The van der Waals surface area contributed by atoms with Crippen LogP contribution in [0.15, 0.2) is 6.33 Å². The third-order valence-corrected chi connectivity index (χ3v) is 3.65. The molecule has 17 heavy (non-hydrogen) atoms. The zero-order valence-electron chi connectivity index (χ0n) is 10.9. The fourth-order valence-electron chi connectivity index (χ4n) is 2.07. The second-order valence-electron chi connectivity index (χ2n) is 4.28. The number of aromatic nitrogens is 3. The monoisotopic (exact) mass is 238 g/mol. The Morgan fingerprint density at radius 2 is 2.06 bits per heavy atom. The summed E-state index contributed by atoms with van der Waals surface area (Å²) in [6, 6.07) is 0. The Morgan fingerprint density at radius 1 is 1.41 bits per heavy atom. The van der Waals surface area contributed by atoms with Gasteiger partial charge < -0.3 is 5.73 Å².